The third-order valence-corrected chi connectivity index (χ3v) is 10.1. The van der Waals surface area contributed by atoms with Crippen LogP contribution in [0.1, 0.15) is 86.0 Å². The summed E-state index contributed by atoms with van der Waals surface area (Å²) < 4.78 is 28.8. The van der Waals surface area contributed by atoms with Crippen LogP contribution in [-0.4, -0.2) is 52.6 Å². The molecule has 8 atom stereocenters. The van der Waals surface area contributed by atoms with Crippen LogP contribution in [0.15, 0.2) is 23.8 Å². The molecule has 210 valence electrons. The molecular weight excluding hydrogens is 491 g/mol. The fourth-order valence-corrected chi connectivity index (χ4v) is 8.36. The third-order valence-electron chi connectivity index (χ3n) is 10.1. The number of esters is 2. The molecule has 4 aliphatic rings. The Bertz CT molecular complexity index is 1080. The molecule has 0 aliphatic heterocycles. The van der Waals surface area contributed by atoms with E-state index in [0.717, 1.165) is 0 Å². The zero-order chi connectivity index (χ0) is 28.1. The minimum atomic E-state index is -2.06. The first-order valence-electron chi connectivity index (χ1n) is 14.0. The zero-order valence-electron chi connectivity index (χ0n) is 23.2. The fraction of sp³-hybridized carbons (Fsp3) is 0.733. The molecule has 0 aromatic rings. The van der Waals surface area contributed by atoms with Gasteiger partial charge >= 0.3 is 11.9 Å². The van der Waals surface area contributed by atoms with Crippen LogP contribution in [0.3, 0.4) is 0 Å². The molecule has 3 saturated carbocycles. The lowest BCUT2D eigenvalue weighted by atomic mass is 9.44. The van der Waals surface area contributed by atoms with Gasteiger partial charge in [0.1, 0.15) is 0 Å². The number of Topliss-reactive ketones (excluding diaryl/α,β-unsaturated/α-hetero) is 1. The van der Waals surface area contributed by atoms with Crippen LogP contribution in [-0.2, 0) is 28.7 Å². The second-order valence-corrected chi connectivity index (χ2v) is 12.2. The number of alkyl halides is 1. The number of halogens is 1. The molecule has 0 radical (unpaired) electrons. The van der Waals surface area contributed by atoms with Crippen molar-refractivity contribution >= 4 is 23.5 Å². The molecule has 7 nitrogen and oxygen atoms in total. The first-order valence-corrected chi connectivity index (χ1v) is 14.0. The Kier molecular flexibility index (Phi) is 7.54. The molecule has 8 heteroatoms. The van der Waals surface area contributed by atoms with Crippen molar-refractivity contribution in [3.63, 3.8) is 0 Å². The average molecular weight is 533 g/mol. The van der Waals surface area contributed by atoms with Crippen molar-refractivity contribution < 1.29 is 38.1 Å². The maximum absolute atomic E-state index is 17.5. The van der Waals surface area contributed by atoms with Crippen LogP contribution in [0.25, 0.3) is 0 Å². The summed E-state index contributed by atoms with van der Waals surface area (Å²) in [4.78, 5) is 51.1. The van der Waals surface area contributed by atoms with Gasteiger partial charge < -0.3 is 14.6 Å². The molecule has 3 fully saturated rings. The summed E-state index contributed by atoms with van der Waals surface area (Å²) in [6, 6.07) is 0. The number of rotatable bonds is 8. The van der Waals surface area contributed by atoms with E-state index in [0.29, 0.717) is 37.7 Å². The van der Waals surface area contributed by atoms with Crippen molar-refractivity contribution in [2.75, 3.05) is 6.61 Å². The molecule has 0 saturated heterocycles. The Balaban J connectivity index is 1.77. The second-order valence-electron chi connectivity index (χ2n) is 12.2. The van der Waals surface area contributed by atoms with E-state index in [1.165, 1.54) is 12.2 Å². The van der Waals surface area contributed by atoms with Gasteiger partial charge in [0.15, 0.2) is 23.7 Å². The minimum absolute atomic E-state index is 0.103. The molecule has 0 spiro atoms. The molecule has 0 bridgehead atoms. The molecule has 0 aromatic carbocycles. The first kappa shape index (κ1) is 28.7. The van der Waals surface area contributed by atoms with Gasteiger partial charge in [-0.05, 0) is 63.5 Å². The van der Waals surface area contributed by atoms with E-state index < -0.39 is 64.4 Å². The average Bonchev–Trinajstić information content (AvgIpc) is 3.06. The molecule has 38 heavy (non-hydrogen) atoms. The van der Waals surface area contributed by atoms with E-state index >= 15 is 4.39 Å². The standard InChI is InChI=1S/C30H41FO7/c1-6-8-25(35)37-17-24(34)30(38-26(36)9-7-2)18(3)14-22-21-11-10-19-15-20(32)12-13-27(19,4)29(21,31)23(33)16-28(22,30)5/h12-13,15,18,21-23,33H,6-11,14,16-17H2,1-5H3/t18-,21-,22-,23-,27-,28-,29-,30-/m0/s1. The van der Waals surface area contributed by atoms with Crippen molar-refractivity contribution in [3.8, 4) is 0 Å². The Hall–Kier alpha value is -2.35. The number of aliphatic hydroxyl groups excluding tert-OH is 1. The van der Waals surface area contributed by atoms with Crippen LogP contribution in [0.4, 0.5) is 4.39 Å². The van der Waals surface area contributed by atoms with Gasteiger partial charge in [-0.1, -0.05) is 39.3 Å². The topological polar surface area (TPSA) is 107 Å². The highest BCUT2D eigenvalue weighted by Gasteiger charge is 2.77. The summed E-state index contributed by atoms with van der Waals surface area (Å²) in [5, 5.41) is 11.6. The van der Waals surface area contributed by atoms with Crippen LogP contribution in [0.2, 0.25) is 0 Å². The summed E-state index contributed by atoms with van der Waals surface area (Å²) in [6.45, 7) is 8.52. The third kappa shape index (κ3) is 3.92. The van der Waals surface area contributed by atoms with E-state index in [1.54, 1.807) is 13.0 Å². The Labute approximate surface area is 224 Å². The molecule has 1 N–H and O–H groups in total. The van der Waals surface area contributed by atoms with Crippen molar-refractivity contribution in [1.29, 1.82) is 0 Å². The lowest BCUT2D eigenvalue weighted by molar-refractivity contribution is -0.228. The first-order chi connectivity index (χ1) is 17.8. The minimum Gasteiger partial charge on any atom is -0.457 e. The largest absolute Gasteiger partial charge is 0.457 e. The molecule has 0 unspecified atom stereocenters. The Morgan fingerprint density at radius 1 is 1.11 bits per heavy atom. The van der Waals surface area contributed by atoms with Crippen LogP contribution in [0, 0.1) is 28.6 Å². The van der Waals surface area contributed by atoms with Crippen molar-refractivity contribution in [2.24, 2.45) is 28.6 Å². The van der Waals surface area contributed by atoms with E-state index in [-0.39, 0.29) is 31.0 Å². The van der Waals surface area contributed by atoms with Crippen LogP contribution < -0.4 is 0 Å². The predicted octanol–water partition coefficient (Wildman–Crippen LogP) is 4.60. The van der Waals surface area contributed by atoms with E-state index in [1.807, 2.05) is 27.7 Å². The monoisotopic (exact) mass is 532 g/mol. The smallest absolute Gasteiger partial charge is 0.306 e. The van der Waals surface area contributed by atoms with E-state index in [9.17, 15) is 24.3 Å². The quantitative estimate of drug-likeness (QED) is 0.456. The number of ether oxygens (including phenoxy) is 2. The maximum Gasteiger partial charge on any atom is 0.306 e. The van der Waals surface area contributed by atoms with Gasteiger partial charge in [-0.15, -0.1) is 0 Å². The van der Waals surface area contributed by atoms with Crippen molar-refractivity contribution in [1.82, 2.24) is 0 Å². The number of allylic oxidation sites excluding steroid dienone is 4. The second kappa shape index (κ2) is 10.00. The number of fused-ring (bicyclic) bond motifs is 5. The highest BCUT2D eigenvalue weighted by Crippen LogP contribution is 2.71. The van der Waals surface area contributed by atoms with Crippen LogP contribution >= 0.6 is 0 Å². The normalized spacial score (nSPS) is 41.4. The lowest BCUT2D eigenvalue weighted by Gasteiger charge is -2.62. The summed E-state index contributed by atoms with van der Waals surface area (Å²) >= 11 is 0. The highest BCUT2D eigenvalue weighted by molar-refractivity contribution is 6.01. The molecule has 0 amide bonds. The van der Waals surface area contributed by atoms with Gasteiger partial charge in [0, 0.05) is 35.5 Å². The van der Waals surface area contributed by atoms with Gasteiger partial charge in [-0.25, -0.2) is 4.39 Å². The van der Waals surface area contributed by atoms with Gasteiger partial charge in [0.2, 0.25) is 5.78 Å². The fourth-order valence-electron chi connectivity index (χ4n) is 8.36. The molecular formula is C30H41FO7. The van der Waals surface area contributed by atoms with Crippen molar-refractivity contribution in [2.45, 2.75) is 103 Å². The maximum atomic E-state index is 17.5. The zero-order valence-corrected chi connectivity index (χ0v) is 23.2. The summed E-state index contributed by atoms with van der Waals surface area (Å²) in [6.07, 6.45) is 5.59. The van der Waals surface area contributed by atoms with Gasteiger partial charge in [0.25, 0.3) is 0 Å². The summed E-state index contributed by atoms with van der Waals surface area (Å²) in [5.74, 6) is -3.22. The molecule has 4 rings (SSSR count). The van der Waals surface area contributed by atoms with Crippen molar-refractivity contribution in [3.05, 3.63) is 23.8 Å². The molecule has 0 heterocycles. The number of carbonyl (C=O) groups excluding carboxylic acids is 4. The number of hydrogen-bond donors (Lipinski definition) is 1. The summed E-state index contributed by atoms with van der Waals surface area (Å²) in [5.41, 5.74) is -5.27. The predicted molar refractivity (Wildman–Crippen MR) is 138 cm³/mol. The molecule has 0 aromatic heterocycles. The van der Waals surface area contributed by atoms with Gasteiger partial charge in [0.05, 0.1) is 6.10 Å². The van der Waals surface area contributed by atoms with E-state index in [4.69, 9.17) is 9.47 Å². The number of aliphatic hydroxyl groups is 1. The Morgan fingerprint density at radius 3 is 2.42 bits per heavy atom. The number of hydrogen-bond acceptors (Lipinski definition) is 7. The molecule has 4 aliphatic carbocycles. The number of ketones is 2. The van der Waals surface area contributed by atoms with E-state index in [2.05, 4.69) is 0 Å². The number of carbonyl (C=O) groups is 4. The van der Waals surface area contributed by atoms with Crippen LogP contribution in [0.5, 0.6) is 0 Å². The van der Waals surface area contributed by atoms with Gasteiger partial charge in [-0.2, -0.15) is 0 Å². The van der Waals surface area contributed by atoms with Gasteiger partial charge in [-0.3, -0.25) is 19.2 Å². The summed E-state index contributed by atoms with van der Waals surface area (Å²) in [7, 11) is 0. The SMILES string of the molecule is CCCC(=O)OCC(=O)[C@@]1(OC(=O)CCC)[C@@H](C)C[C@H]2[C@@H]3CCC4=CC(=O)C=C[C@]4(C)[C@@]3(F)[C@@H](O)C[C@@]21C. The highest BCUT2D eigenvalue weighted by atomic mass is 19.1. The Morgan fingerprint density at radius 2 is 1.76 bits per heavy atom. The lowest BCUT2D eigenvalue weighted by Crippen LogP contribution is -2.70.